The summed E-state index contributed by atoms with van der Waals surface area (Å²) >= 11 is 0. The first kappa shape index (κ1) is 9.69. The number of rotatable bonds is 1. The third-order valence-electron chi connectivity index (χ3n) is 2.94. The van der Waals surface area contributed by atoms with Gasteiger partial charge in [-0.05, 0) is 18.1 Å². The number of benzene rings is 1. The van der Waals surface area contributed by atoms with Gasteiger partial charge < -0.3 is 9.84 Å². The third-order valence-corrected chi connectivity index (χ3v) is 2.94. The number of fused-ring (bicyclic) bond motifs is 1. The highest BCUT2D eigenvalue weighted by Crippen LogP contribution is 2.32. The number of ether oxygens (including phenoxy) is 1. The maximum Gasteiger partial charge on any atom is 0.0720 e. The zero-order valence-corrected chi connectivity index (χ0v) is 8.71. The van der Waals surface area contributed by atoms with Crippen LogP contribution < -0.4 is 0 Å². The van der Waals surface area contributed by atoms with E-state index >= 15 is 0 Å². The maximum absolute atomic E-state index is 9.41. The van der Waals surface area contributed by atoms with Crippen LogP contribution in [0.15, 0.2) is 18.2 Å². The molecule has 1 atom stereocenters. The summed E-state index contributed by atoms with van der Waals surface area (Å²) in [6.45, 7) is 5.55. The molecule has 76 valence electrons. The van der Waals surface area contributed by atoms with Gasteiger partial charge in [-0.1, -0.05) is 30.7 Å². The molecule has 0 aliphatic carbocycles. The van der Waals surface area contributed by atoms with Gasteiger partial charge in [0.05, 0.1) is 19.8 Å². The smallest absolute Gasteiger partial charge is 0.0720 e. The quantitative estimate of drug-likeness (QED) is 0.735. The largest absolute Gasteiger partial charge is 0.395 e. The fourth-order valence-corrected chi connectivity index (χ4v) is 1.97. The minimum Gasteiger partial charge on any atom is -0.395 e. The molecule has 1 heterocycles. The van der Waals surface area contributed by atoms with Gasteiger partial charge in [0.1, 0.15) is 0 Å². The van der Waals surface area contributed by atoms with Crippen LogP contribution in [0.25, 0.3) is 0 Å². The minimum atomic E-state index is -0.223. The molecule has 2 rings (SSSR count). The standard InChI is InChI=1S/C12H16O2/c1-9-3-4-10-6-14-8-12(2,7-13)11(10)5-9/h3-5,13H,6-8H2,1-2H3. The molecule has 0 saturated carbocycles. The lowest BCUT2D eigenvalue weighted by Crippen LogP contribution is -2.37. The summed E-state index contributed by atoms with van der Waals surface area (Å²) in [7, 11) is 0. The van der Waals surface area contributed by atoms with E-state index in [-0.39, 0.29) is 12.0 Å². The molecular formula is C12H16O2. The predicted octanol–water partition coefficient (Wildman–Crippen LogP) is 1.78. The van der Waals surface area contributed by atoms with Gasteiger partial charge in [-0.25, -0.2) is 0 Å². The van der Waals surface area contributed by atoms with Crippen LogP contribution in [0.2, 0.25) is 0 Å². The molecule has 0 saturated heterocycles. The highest BCUT2D eigenvalue weighted by atomic mass is 16.5. The molecule has 0 fully saturated rings. The van der Waals surface area contributed by atoms with Crippen LogP contribution in [-0.2, 0) is 16.8 Å². The van der Waals surface area contributed by atoms with Gasteiger partial charge in [-0.3, -0.25) is 0 Å². The molecule has 1 aromatic rings. The first-order valence-corrected chi connectivity index (χ1v) is 4.94. The van der Waals surface area contributed by atoms with Crippen molar-refractivity contribution in [2.45, 2.75) is 25.9 Å². The van der Waals surface area contributed by atoms with Crippen molar-refractivity contribution < 1.29 is 9.84 Å². The van der Waals surface area contributed by atoms with E-state index in [0.717, 1.165) is 0 Å². The van der Waals surface area contributed by atoms with Crippen molar-refractivity contribution in [1.29, 1.82) is 0 Å². The van der Waals surface area contributed by atoms with Crippen molar-refractivity contribution in [1.82, 2.24) is 0 Å². The van der Waals surface area contributed by atoms with Crippen molar-refractivity contribution in [3.8, 4) is 0 Å². The third kappa shape index (κ3) is 1.45. The van der Waals surface area contributed by atoms with Crippen LogP contribution in [0, 0.1) is 6.92 Å². The van der Waals surface area contributed by atoms with Crippen molar-refractivity contribution in [3.05, 3.63) is 34.9 Å². The van der Waals surface area contributed by atoms with Crippen molar-refractivity contribution in [2.75, 3.05) is 13.2 Å². The lowest BCUT2D eigenvalue weighted by Gasteiger charge is -2.34. The summed E-state index contributed by atoms with van der Waals surface area (Å²) in [6, 6.07) is 6.34. The van der Waals surface area contributed by atoms with Gasteiger partial charge in [0.2, 0.25) is 0 Å². The average molecular weight is 192 g/mol. The lowest BCUT2D eigenvalue weighted by molar-refractivity contribution is 0.0317. The Hall–Kier alpha value is -0.860. The SMILES string of the molecule is Cc1ccc2c(c1)C(C)(CO)COC2. The number of aryl methyl sites for hydroxylation is 1. The van der Waals surface area contributed by atoms with E-state index in [9.17, 15) is 5.11 Å². The van der Waals surface area contributed by atoms with E-state index in [1.54, 1.807) is 0 Å². The van der Waals surface area contributed by atoms with E-state index in [1.165, 1.54) is 16.7 Å². The fourth-order valence-electron chi connectivity index (χ4n) is 1.97. The molecule has 2 heteroatoms. The number of hydrogen-bond donors (Lipinski definition) is 1. The summed E-state index contributed by atoms with van der Waals surface area (Å²) in [5.74, 6) is 0. The lowest BCUT2D eigenvalue weighted by atomic mass is 9.79. The molecule has 0 spiro atoms. The van der Waals surface area contributed by atoms with Gasteiger partial charge in [0.25, 0.3) is 0 Å². The van der Waals surface area contributed by atoms with E-state index in [0.29, 0.717) is 13.2 Å². The van der Waals surface area contributed by atoms with E-state index < -0.39 is 0 Å². The van der Waals surface area contributed by atoms with Crippen molar-refractivity contribution in [2.24, 2.45) is 0 Å². The van der Waals surface area contributed by atoms with E-state index in [2.05, 4.69) is 25.1 Å². The molecular weight excluding hydrogens is 176 g/mol. The van der Waals surface area contributed by atoms with E-state index in [4.69, 9.17) is 4.74 Å². The summed E-state index contributed by atoms with van der Waals surface area (Å²) in [5.41, 5.74) is 3.47. The first-order valence-electron chi connectivity index (χ1n) is 4.94. The van der Waals surface area contributed by atoms with Crippen molar-refractivity contribution >= 4 is 0 Å². The highest BCUT2D eigenvalue weighted by molar-refractivity contribution is 5.38. The number of hydrogen-bond acceptors (Lipinski definition) is 2. The number of aliphatic hydroxyl groups is 1. The minimum absolute atomic E-state index is 0.142. The molecule has 0 radical (unpaired) electrons. The molecule has 0 amide bonds. The predicted molar refractivity (Wildman–Crippen MR) is 55.3 cm³/mol. The van der Waals surface area contributed by atoms with Gasteiger partial charge >= 0.3 is 0 Å². The molecule has 14 heavy (non-hydrogen) atoms. The summed E-state index contributed by atoms with van der Waals surface area (Å²) in [6.07, 6.45) is 0. The first-order chi connectivity index (χ1) is 6.65. The molecule has 1 aromatic carbocycles. The topological polar surface area (TPSA) is 29.5 Å². The number of aliphatic hydroxyl groups excluding tert-OH is 1. The summed E-state index contributed by atoms with van der Waals surface area (Å²) in [4.78, 5) is 0. The van der Waals surface area contributed by atoms with Crippen molar-refractivity contribution in [3.63, 3.8) is 0 Å². The Bertz CT molecular complexity index is 346. The van der Waals surface area contributed by atoms with Crippen LogP contribution in [-0.4, -0.2) is 18.3 Å². The Kier molecular flexibility index (Phi) is 2.33. The van der Waals surface area contributed by atoms with Gasteiger partial charge in [0.15, 0.2) is 0 Å². The van der Waals surface area contributed by atoms with Crippen LogP contribution in [0.3, 0.4) is 0 Å². The normalized spacial score (nSPS) is 25.9. The van der Waals surface area contributed by atoms with E-state index in [1.807, 2.05) is 6.92 Å². The van der Waals surface area contributed by atoms with Crippen LogP contribution >= 0.6 is 0 Å². The molecule has 1 unspecified atom stereocenters. The Morgan fingerprint density at radius 2 is 2.29 bits per heavy atom. The highest BCUT2D eigenvalue weighted by Gasteiger charge is 2.32. The Balaban J connectivity index is 2.52. The van der Waals surface area contributed by atoms with Gasteiger partial charge in [-0.2, -0.15) is 0 Å². The summed E-state index contributed by atoms with van der Waals surface area (Å²) < 4.78 is 5.48. The molecule has 0 bridgehead atoms. The second kappa shape index (κ2) is 3.37. The molecule has 1 aliphatic heterocycles. The Morgan fingerprint density at radius 1 is 1.50 bits per heavy atom. The Labute approximate surface area is 84.5 Å². The van der Waals surface area contributed by atoms with Gasteiger partial charge in [-0.15, -0.1) is 0 Å². The second-order valence-electron chi connectivity index (χ2n) is 4.37. The molecule has 1 aliphatic rings. The fraction of sp³-hybridized carbons (Fsp3) is 0.500. The van der Waals surface area contributed by atoms with Crippen LogP contribution in [0.4, 0.5) is 0 Å². The monoisotopic (exact) mass is 192 g/mol. The summed E-state index contributed by atoms with van der Waals surface area (Å²) in [5, 5.41) is 9.41. The molecule has 1 N–H and O–H groups in total. The zero-order chi connectivity index (χ0) is 10.2. The maximum atomic E-state index is 9.41. The van der Waals surface area contributed by atoms with Crippen LogP contribution in [0.5, 0.6) is 0 Å². The van der Waals surface area contributed by atoms with Gasteiger partial charge in [0, 0.05) is 5.41 Å². The second-order valence-corrected chi connectivity index (χ2v) is 4.37. The van der Waals surface area contributed by atoms with Crippen LogP contribution in [0.1, 0.15) is 23.6 Å². The molecule has 2 nitrogen and oxygen atoms in total. The zero-order valence-electron chi connectivity index (χ0n) is 8.71. The Morgan fingerprint density at radius 3 is 3.00 bits per heavy atom. The average Bonchev–Trinajstić information content (AvgIpc) is 2.20. The molecule has 0 aromatic heterocycles.